The second-order valence-electron chi connectivity index (χ2n) is 3.79. The van der Waals surface area contributed by atoms with Gasteiger partial charge in [0.05, 0.1) is 22.5 Å². The number of nitrogens with one attached hydrogen (secondary N) is 1. The number of furan rings is 1. The van der Waals surface area contributed by atoms with Gasteiger partial charge in [0, 0.05) is 5.56 Å². The van der Waals surface area contributed by atoms with Gasteiger partial charge < -0.3 is 10.2 Å². The van der Waals surface area contributed by atoms with Gasteiger partial charge in [-0.2, -0.15) is 5.10 Å². The molecule has 3 N–H and O–H groups in total. The van der Waals surface area contributed by atoms with Gasteiger partial charge in [-0.05, 0) is 24.3 Å². The predicted molar refractivity (Wildman–Crippen MR) is 81.2 cm³/mol. The lowest BCUT2D eigenvalue weighted by Gasteiger charge is -2.01. The highest BCUT2D eigenvalue weighted by Crippen LogP contribution is 2.21. The number of hydrazone groups is 1. The molecule has 0 saturated heterocycles. The van der Waals surface area contributed by atoms with Crippen LogP contribution in [-0.4, -0.2) is 12.2 Å². The summed E-state index contributed by atoms with van der Waals surface area (Å²) >= 11 is 12.0. The Bertz CT molecular complexity index is 603. The van der Waals surface area contributed by atoms with Crippen molar-refractivity contribution in [2.45, 2.75) is 6.54 Å². The lowest BCUT2D eigenvalue weighted by atomic mass is 10.2. The smallest absolute Gasteiger partial charge is 0.209 e. The Morgan fingerprint density at radius 1 is 1.25 bits per heavy atom. The van der Waals surface area contributed by atoms with E-state index in [4.69, 9.17) is 33.4 Å². The Morgan fingerprint density at radius 2 is 2.00 bits per heavy atom. The minimum Gasteiger partial charge on any atom is -0.467 e. The van der Waals surface area contributed by atoms with Crippen LogP contribution in [-0.2, 0) is 6.54 Å². The molecule has 0 fully saturated rings. The molecule has 1 heterocycles. The highest BCUT2D eigenvalue weighted by Gasteiger charge is 2.01. The Kier molecular flexibility index (Phi) is 5.03. The zero-order valence-corrected chi connectivity index (χ0v) is 11.9. The molecule has 0 aliphatic carbocycles. The number of nitrogens with zero attached hydrogens (tertiary/aromatic N) is 2. The lowest BCUT2D eigenvalue weighted by molar-refractivity contribution is 0.512. The number of benzene rings is 1. The normalized spacial score (nSPS) is 12.0. The molecule has 5 nitrogen and oxygen atoms in total. The number of guanidine groups is 1. The van der Waals surface area contributed by atoms with Crippen molar-refractivity contribution >= 4 is 35.4 Å². The van der Waals surface area contributed by atoms with Gasteiger partial charge in [-0.1, -0.05) is 29.3 Å². The molecule has 7 heteroatoms. The van der Waals surface area contributed by atoms with E-state index in [0.717, 1.165) is 0 Å². The van der Waals surface area contributed by atoms with Gasteiger partial charge in [0.25, 0.3) is 0 Å². The van der Waals surface area contributed by atoms with E-state index in [0.29, 0.717) is 27.9 Å². The molecule has 0 spiro atoms. The van der Waals surface area contributed by atoms with E-state index in [1.165, 1.54) is 6.21 Å². The molecule has 0 atom stereocenters. The molecule has 0 aliphatic rings. The number of rotatable bonds is 4. The van der Waals surface area contributed by atoms with Crippen molar-refractivity contribution in [3.63, 3.8) is 0 Å². The Morgan fingerprint density at radius 3 is 2.65 bits per heavy atom. The second kappa shape index (κ2) is 6.98. The molecule has 0 unspecified atom stereocenters. The maximum absolute atomic E-state index is 6.00. The highest BCUT2D eigenvalue weighted by molar-refractivity contribution is 6.38. The molecule has 20 heavy (non-hydrogen) atoms. The van der Waals surface area contributed by atoms with Crippen molar-refractivity contribution < 1.29 is 4.42 Å². The summed E-state index contributed by atoms with van der Waals surface area (Å²) in [5, 5.41) is 4.95. The summed E-state index contributed by atoms with van der Waals surface area (Å²) in [6.07, 6.45) is 3.06. The summed E-state index contributed by atoms with van der Waals surface area (Å²) < 4.78 is 5.13. The third-order valence-corrected chi connectivity index (χ3v) is 3.02. The van der Waals surface area contributed by atoms with Crippen LogP contribution in [0.2, 0.25) is 10.0 Å². The average Bonchev–Trinajstić information content (AvgIpc) is 2.93. The number of aliphatic imine (C=N–C) groups is 1. The molecule has 0 aliphatic heterocycles. The highest BCUT2D eigenvalue weighted by atomic mass is 35.5. The van der Waals surface area contributed by atoms with Crippen LogP contribution in [0.1, 0.15) is 11.3 Å². The molecule has 0 bridgehead atoms. The van der Waals surface area contributed by atoms with Crippen molar-refractivity contribution in [1.82, 2.24) is 5.43 Å². The van der Waals surface area contributed by atoms with Gasteiger partial charge in [-0.25, -0.2) is 10.4 Å². The van der Waals surface area contributed by atoms with Gasteiger partial charge in [0.2, 0.25) is 5.96 Å². The second-order valence-corrected chi connectivity index (χ2v) is 4.60. The van der Waals surface area contributed by atoms with Crippen LogP contribution in [0.3, 0.4) is 0 Å². The average molecular weight is 311 g/mol. The largest absolute Gasteiger partial charge is 0.467 e. The maximum Gasteiger partial charge on any atom is 0.209 e. The Hall–Kier alpha value is -1.98. The van der Waals surface area contributed by atoms with Crippen LogP contribution in [0.25, 0.3) is 0 Å². The van der Waals surface area contributed by atoms with Gasteiger partial charge >= 0.3 is 0 Å². The minimum absolute atomic E-state index is 0.167. The summed E-state index contributed by atoms with van der Waals surface area (Å²) in [4.78, 5) is 4.05. The van der Waals surface area contributed by atoms with E-state index in [2.05, 4.69) is 15.5 Å². The van der Waals surface area contributed by atoms with Crippen LogP contribution in [0.5, 0.6) is 0 Å². The first-order valence-electron chi connectivity index (χ1n) is 5.72. The molecule has 0 saturated carbocycles. The minimum atomic E-state index is 0.167. The molecule has 104 valence electrons. The molecule has 0 radical (unpaired) electrons. The van der Waals surface area contributed by atoms with Crippen molar-refractivity contribution in [3.8, 4) is 0 Å². The molecule has 2 aromatic rings. The van der Waals surface area contributed by atoms with E-state index in [-0.39, 0.29) is 5.96 Å². The first-order chi connectivity index (χ1) is 9.66. The summed E-state index contributed by atoms with van der Waals surface area (Å²) in [7, 11) is 0. The van der Waals surface area contributed by atoms with Crippen LogP contribution in [0.4, 0.5) is 0 Å². The van der Waals surface area contributed by atoms with Gasteiger partial charge in [-0.3, -0.25) is 0 Å². The standard InChI is InChI=1S/C13H12Cl2N4O/c14-11-4-1-5-12(15)10(11)8-18-19-13(16)17-7-9-3-2-6-20-9/h1-6,8H,7H2,(H3,16,17,19). The van der Waals surface area contributed by atoms with Gasteiger partial charge in [0.15, 0.2) is 0 Å². The quantitative estimate of drug-likeness (QED) is 0.518. The first-order valence-corrected chi connectivity index (χ1v) is 6.48. The zero-order valence-electron chi connectivity index (χ0n) is 10.4. The molecular formula is C13H12Cl2N4O. The van der Waals surface area contributed by atoms with Gasteiger partial charge in [0.1, 0.15) is 12.3 Å². The van der Waals surface area contributed by atoms with E-state index in [1.54, 1.807) is 30.5 Å². The van der Waals surface area contributed by atoms with Crippen molar-refractivity contribution in [3.05, 3.63) is 58.0 Å². The van der Waals surface area contributed by atoms with Crippen LogP contribution in [0, 0.1) is 0 Å². The monoisotopic (exact) mass is 310 g/mol. The fraction of sp³-hybridized carbons (Fsp3) is 0.0769. The zero-order chi connectivity index (χ0) is 14.4. The fourth-order valence-corrected chi connectivity index (χ4v) is 1.89. The van der Waals surface area contributed by atoms with Crippen LogP contribution >= 0.6 is 23.2 Å². The fourth-order valence-electron chi connectivity index (χ4n) is 1.40. The summed E-state index contributed by atoms with van der Waals surface area (Å²) in [5.74, 6) is 0.883. The van der Waals surface area contributed by atoms with E-state index < -0.39 is 0 Å². The number of halogens is 2. The number of hydrogen-bond donors (Lipinski definition) is 2. The molecule has 1 aromatic carbocycles. The predicted octanol–water partition coefficient (Wildman–Crippen LogP) is 3.02. The molecule has 0 amide bonds. The third kappa shape index (κ3) is 4.01. The summed E-state index contributed by atoms with van der Waals surface area (Å²) in [5.41, 5.74) is 8.85. The number of hydrogen-bond acceptors (Lipinski definition) is 3. The first kappa shape index (κ1) is 14.4. The van der Waals surface area contributed by atoms with Gasteiger partial charge in [-0.15, -0.1) is 0 Å². The van der Waals surface area contributed by atoms with E-state index in [1.807, 2.05) is 6.07 Å². The third-order valence-electron chi connectivity index (χ3n) is 2.36. The molecular weight excluding hydrogens is 299 g/mol. The molecule has 1 aromatic heterocycles. The summed E-state index contributed by atoms with van der Waals surface area (Å²) in [6.45, 7) is 0.341. The van der Waals surface area contributed by atoms with Crippen LogP contribution < -0.4 is 11.2 Å². The van der Waals surface area contributed by atoms with Crippen molar-refractivity contribution in [2.24, 2.45) is 15.8 Å². The van der Waals surface area contributed by atoms with E-state index >= 15 is 0 Å². The maximum atomic E-state index is 6.00. The summed E-state index contributed by atoms with van der Waals surface area (Å²) in [6, 6.07) is 8.80. The van der Waals surface area contributed by atoms with Crippen molar-refractivity contribution in [1.29, 1.82) is 0 Å². The number of nitrogens with two attached hydrogens (primary N) is 1. The molecule has 2 rings (SSSR count). The Balaban J connectivity index is 1.94. The SMILES string of the molecule is NC(=NCc1ccco1)NN=Cc1c(Cl)cccc1Cl. The van der Waals surface area contributed by atoms with E-state index in [9.17, 15) is 0 Å². The topological polar surface area (TPSA) is 75.9 Å². The Labute approximate surface area is 126 Å². The van der Waals surface area contributed by atoms with Crippen molar-refractivity contribution in [2.75, 3.05) is 0 Å². The lowest BCUT2D eigenvalue weighted by Crippen LogP contribution is -2.27. The van der Waals surface area contributed by atoms with Crippen LogP contribution in [0.15, 0.2) is 51.1 Å².